The van der Waals surface area contributed by atoms with E-state index in [1.165, 1.54) is 42.5 Å². The summed E-state index contributed by atoms with van der Waals surface area (Å²) < 4.78 is 11.8. The largest absolute Gasteiger partial charge is 0.508 e. The van der Waals surface area contributed by atoms with Crippen LogP contribution in [0.15, 0.2) is 69.2 Å². The minimum atomic E-state index is -0.410. The normalized spacial score (nSPS) is 13.8. The summed E-state index contributed by atoms with van der Waals surface area (Å²) >= 11 is 28.9. The van der Waals surface area contributed by atoms with E-state index in [4.69, 9.17) is 55.9 Å². The smallest absolute Gasteiger partial charge is 0.211 e. The van der Waals surface area contributed by atoms with Crippen molar-refractivity contribution in [1.29, 1.82) is 0 Å². The highest BCUT2D eigenvalue weighted by Crippen LogP contribution is 2.48. The van der Waals surface area contributed by atoms with Crippen LogP contribution in [-0.4, -0.2) is 30.6 Å². The van der Waals surface area contributed by atoms with Gasteiger partial charge in [0.1, 0.15) is 23.0 Å². The molecule has 4 aliphatic rings. The van der Waals surface area contributed by atoms with Crippen molar-refractivity contribution in [3.8, 4) is 57.5 Å². The topological polar surface area (TPSA) is 140 Å². The van der Waals surface area contributed by atoms with E-state index < -0.39 is 11.5 Å². The Bertz CT molecular complexity index is 1870. The standard InChI is InChI=1S/C32H23BrCl4O8/c33-29-17-8-19(35)4-2-16-10-27(20(36)12-22(16)38)44-31-24(40)6-14(7-25(31)41)5-18(34)3-1-15-11-28(21(37)13-23(15)39)45-32(30(29)43)26(42)9-17/h3-4,6-7,9-13,38-43H,1-2,5,8H2. The van der Waals surface area contributed by atoms with E-state index in [-0.39, 0.29) is 86.2 Å². The van der Waals surface area contributed by atoms with Crippen molar-refractivity contribution >= 4 is 62.3 Å². The molecule has 4 heterocycles. The third kappa shape index (κ3) is 7.29. The maximum atomic E-state index is 10.9. The summed E-state index contributed by atoms with van der Waals surface area (Å²) in [5, 5.41) is 64.7. The van der Waals surface area contributed by atoms with Crippen LogP contribution in [0.2, 0.25) is 10.0 Å². The van der Waals surface area contributed by atoms with Crippen molar-refractivity contribution < 1.29 is 40.1 Å². The first-order valence-corrected chi connectivity index (χ1v) is 15.5. The lowest BCUT2D eigenvalue weighted by molar-refractivity contribution is 0.373. The number of allylic oxidation sites excluding steroid dienone is 4. The lowest BCUT2D eigenvalue weighted by atomic mass is 10.1. The van der Waals surface area contributed by atoms with E-state index in [9.17, 15) is 30.6 Å². The van der Waals surface area contributed by atoms with Crippen LogP contribution in [0.3, 0.4) is 0 Å². The Balaban J connectivity index is 1.61. The number of aromatic hydroxyl groups is 6. The lowest BCUT2D eigenvalue weighted by Crippen LogP contribution is -1.95. The fraction of sp³-hybridized carbons (Fsp3) is 0.125. The van der Waals surface area contributed by atoms with Gasteiger partial charge in [0.15, 0.2) is 23.0 Å². The fourth-order valence-electron chi connectivity index (χ4n) is 4.59. The van der Waals surface area contributed by atoms with Crippen LogP contribution >= 0.6 is 62.3 Å². The molecule has 0 saturated heterocycles. The van der Waals surface area contributed by atoms with Crippen LogP contribution in [0.4, 0.5) is 0 Å². The average Bonchev–Trinajstić information content (AvgIpc) is 2.96. The van der Waals surface area contributed by atoms with Gasteiger partial charge in [0.05, 0.1) is 14.5 Å². The third-order valence-corrected chi connectivity index (χ3v) is 8.92. The van der Waals surface area contributed by atoms with Crippen molar-refractivity contribution in [1.82, 2.24) is 0 Å². The number of halogens is 5. The van der Waals surface area contributed by atoms with Gasteiger partial charge in [-0.3, -0.25) is 0 Å². The number of phenols is 6. The first-order chi connectivity index (χ1) is 21.3. The summed E-state index contributed by atoms with van der Waals surface area (Å²) in [5.74, 6) is -2.30. The number of hydrogen-bond acceptors (Lipinski definition) is 8. The molecule has 0 fully saturated rings. The first kappa shape index (κ1) is 32.8. The molecule has 4 aliphatic heterocycles. The summed E-state index contributed by atoms with van der Waals surface area (Å²) in [7, 11) is 0. The van der Waals surface area contributed by atoms with Crippen molar-refractivity contribution in [3.05, 3.63) is 101 Å². The molecule has 13 heteroatoms. The van der Waals surface area contributed by atoms with E-state index in [1.54, 1.807) is 12.2 Å². The highest BCUT2D eigenvalue weighted by Gasteiger charge is 2.21. The Morgan fingerprint density at radius 1 is 0.533 bits per heavy atom. The van der Waals surface area contributed by atoms with Crippen LogP contribution in [0.1, 0.15) is 22.3 Å². The highest BCUT2D eigenvalue weighted by atomic mass is 79.9. The Kier molecular flexibility index (Phi) is 9.77. The number of rotatable bonds is 0. The molecular formula is C32H23BrCl4O8. The molecule has 45 heavy (non-hydrogen) atoms. The first-order valence-electron chi connectivity index (χ1n) is 13.2. The van der Waals surface area contributed by atoms with Gasteiger partial charge >= 0.3 is 0 Å². The van der Waals surface area contributed by atoms with Crippen LogP contribution in [0, 0.1) is 0 Å². The Labute approximate surface area is 285 Å². The van der Waals surface area contributed by atoms with E-state index in [0.29, 0.717) is 32.3 Å². The van der Waals surface area contributed by atoms with Gasteiger partial charge in [0.2, 0.25) is 11.5 Å². The molecule has 0 amide bonds. The van der Waals surface area contributed by atoms with Crippen molar-refractivity contribution in [2.24, 2.45) is 0 Å². The van der Waals surface area contributed by atoms with Crippen LogP contribution in [0.25, 0.3) is 0 Å². The summed E-state index contributed by atoms with van der Waals surface area (Å²) in [6.07, 6.45) is 3.66. The second-order valence-electron chi connectivity index (χ2n) is 10.1. The second kappa shape index (κ2) is 13.4. The molecule has 6 N–H and O–H groups in total. The molecular weight excluding hydrogens is 734 g/mol. The Morgan fingerprint density at radius 2 is 1.00 bits per heavy atom. The van der Waals surface area contributed by atoms with Crippen LogP contribution in [-0.2, 0) is 25.7 Å². The van der Waals surface area contributed by atoms with Gasteiger partial charge in [0.25, 0.3) is 0 Å². The van der Waals surface area contributed by atoms with Gasteiger partial charge in [0, 0.05) is 46.2 Å². The van der Waals surface area contributed by atoms with Crippen LogP contribution < -0.4 is 9.47 Å². The zero-order valence-electron chi connectivity index (χ0n) is 22.9. The number of benzene rings is 4. The van der Waals surface area contributed by atoms with Gasteiger partial charge in [-0.1, -0.05) is 58.6 Å². The van der Waals surface area contributed by atoms with Gasteiger partial charge < -0.3 is 40.1 Å². The minimum Gasteiger partial charge on any atom is -0.508 e. The zero-order valence-corrected chi connectivity index (χ0v) is 27.5. The zero-order chi connectivity index (χ0) is 32.6. The molecule has 0 spiro atoms. The molecule has 8 nitrogen and oxygen atoms in total. The van der Waals surface area contributed by atoms with Crippen molar-refractivity contribution in [2.75, 3.05) is 0 Å². The number of hydrogen-bond donors (Lipinski definition) is 6. The second-order valence-corrected chi connectivity index (χ2v) is 12.7. The number of ether oxygens (including phenoxy) is 2. The molecule has 4 aromatic rings. The van der Waals surface area contributed by atoms with Gasteiger partial charge in [-0.25, -0.2) is 0 Å². The summed E-state index contributed by atoms with van der Waals surface area (Å²) in [4.78, 5) is 0. The fourth-order valence-corrected chi connectivity index (χ4v) is 5.87. The average molecular weight is 757 g/mol. The van der Waals surface area contributed by atoms with Crippen molar-refractivity contribution in [3.63, 3.8) is 0 Å². The predicted octanol–water partition coefficient (Wildman–Crippen LogP) is 9.70. The SMILES string of the molecule is Oc1cc(Cl)c2cc1CC=C(Cl)Cc1cc(O)c(c(O)c1Br)Oc1cc(c(O)cc1Cl)CC=C(Cl)Cc1cc(O)c(c(O)c1)O2. The van der Waals surface area contributed by atoms with E-state index in [2.05, 4.69) is 15.9 Å². The van der Waals surface area contributed by atoms with E-state index in [0.717, 1.165) is 0 Å². The van der Waals surface area contributed by atoms with Gasteiger partial charge in [-0.15, -0.1) is 0 Å². The molecule has 234 valence electrons. The molecule has 0 aliphatic carbocycles. The molecule has 0 saturated carbocycles. The maximum absolute atomic E-state index is 10.9. The highest BCUT2D eigenvalue weighted by molar-refractivity contribution is 9.10. The summed E-state index contributed by atoms with van der Waals surface area (Å²) in [6.45, 7) is 0. The molecule has 8 bridgehead atoms. The third-order valence-electron chi connectivity index (χ3n) is 6.87. The molecule has 0 aromatic heterocycles. The molecule has 0 radical (unpaired) electrons. The quantitative estimate of drug-likeness (QED) is 0.104. The van der Waals surface area contributed by atoms with E-state index in [1.807, 2.05) is 0 Å². The number of phenolic OH excluding ortho intramolecular Hbond substituents is 6. The summed E-state index contributed by atoms with van der Waals surface area (Å²) in [6, 6.07) is 9.50. The Morgan fingerprint density at radius 3 is 1.53 bits per heavy atom. The minimum absolute atomic E-state index is 0.0135. The lowest BCUT2D eigenvalue weighted by Gasteiger charge is -2.16. The summed E-state index contributed by atoms with van der Waals surface area (Å²) in [5.41, 5.74) is 1.61. The Hall–Kier alpha value is -3.60. The van der Waals surface area contributed by atoms with Gasteiger partial charge in [-0.2, -0.15) is 0 Å². The maximum Gasteiger partial charge on any atom is 0.211 e. The van der Waals surface area contributed by atoms with E-state index >= 15 is 0 Å². The van der Waals surface area contributed by atoms with Crippen molar-refractivity contribution in [2.45, 2.75) is 25.7 Å². The van der Waals surface area contributed by atoms with Gasteiger partial charge in [-0.05, 0) is 70.2 Å². The monoisotopic (exact) mass is 754 g/mol. The molecule has 0 atom stereocenters. The predicted molar refractivity (Wildman–Crippen MR) is 176 cm³/mol. The molecule has 8 rings (SSSR count). The molecule has 4 aromatic carbocycles. The molecule has 0 unspecified atom stereocenters. The van der Waals surface area contributed by atoms with Crippen LogP contribution in [0.5, 0.6) is 57.5 Å².